The Hall–Kier alpha value is -2.50. The molecule has 0 spiro atoms. The van der Waals surface area contributed by atoms with Crippen LogP contribution >= 0.6 is 0 Å². The SMILES string of the molecule is Cc1noc(C)c1C(C)NC(=O)NCCc1ccc2c(c1)CCO2. The highest BCUT2D eigenvalue weighted by atomic mass is 16.5. The molecule has 2 aromatic rings. The topological polar surface area (TPSA) is 76.4 Å². The molecule has 0 saturated heterocycles. The number of fused-ring (bicyclic) bond motifs is 1. The van der Waals surface area contributed by atoms with E-state index in [2.05, 4.69) is 27.9 Å². The van der Waals surface area contributed by atoms with Crippen molar-refractivity contribution in [3.63, 3.8) is 0 Å². The molecule has 1 aromatic heterocycles. The quantitative estimate of drug-likeness (QED) is 0.884. The number of nitrogens with zero attached hydrogens (tertiary/aromatic N) is 1. The Morgan fingerprint density at radius 1 is 1.38 bits per heavy atom. The smallest absolute Gasteiger partial charge is 0.315 e. The third-order valence-corrected chi connectivity index (χ3v) is 4.32. The maximum absolute atomic E-state index is 12.1. The molecule has 0 aliphatic carbocycles. The van der Waals surface area contributed by atoms with Gasteiger partial charge in [-0.05, 0) is 44.4 Å². The number of carbonyl (C=O) groups is 1. The molecule has 2 N–H and O–H groups in total. The van der Waals surface area contributed by atoms with Crippen molar-refractivity contribution in [2.45, 2.75) is 39.7 Å². The van der Waals surface area contributed by atoms with Crippen LogP contribution < -0.4 is 15.4 Å². The van der Waals surface area contributed by atoms with Gasteiger partial charge in [-0.25, -0.2) is 4.79 Å². The summed E-state index contributed by atoms with van der Waals surface area (Å²) in [4.78, 5) is 12.1. The first-order valence-electron chi connectivity index (χ1n) is 8.26. The van der Waals surface area contributed by atoms with Gasteiger partial charge in [0.1, 0.15) is 11.5 Å². The standard InChI is InChI=1S/C18H23N3O3/c1-11(17-12(2)21-24-13(17)3)20-18(22)19-8-6-14-4-5-16-15(10-14)7-9-23-16/h4-5,10-11H,6-9H2,1-3H3,(H2,19,20,22). The van der Waals surface area contributed by atoms with E-state index < -0.39 is 0 Å². The van der Waals surface area contributed by atoms with Crippen molar-refractivity contribution < 1.29 is 14.1 Å². The third-order valence-electron chi connectivity index (χ3n) is 4.32. The number of benzene rings is 1. The van der Waals surface area contributed by atoms with Crippen LogP contribution in [0.2, 0.25) is 0 Å². The zero-order valence-electron chi connectivity index (χ0n) is 14.3. The Labute approximate surface area is 141 Å². The minimum Gasteiger partial charge on any atom is -0.493 e. The molecule has 6 heteroatoms. The zero-order chi connectivity index (χ0) is 17.1. The van der Waals surface area contributed by atoms with Crippen molar-refractivity contribution >= 4 is 6.03 Å². The predicted molar refractivity (Wildman–Crippen MR) is 90.3 cm³/mol. The average molecular weight is 329 g/mol. The van der Waals surface area contributed by atoms with Crippen LogP contribution in [0.25, 0.3) is 0 Å². The van der Waals surface area contributed by atoms with Crippen LogP contribution in [0, 0.1) is 13.8 Å². The normalized spacial score (nSPS) is 14.0. The Kier molecular flexibility index (Phi) is 4.74. The van der Waals surface area contributed by atoms with Gasteiger partial charge in [-0.3, -0.25) is 0 Å². The van der Waals surface area contributed by atoms with Gasteiger partial charge >= 0.3 is 6.03 Å². The first-order chi connectivity index (χ1) is 11.5. The fourth-order valence-electron chi connectivity index (χ4n) is 3.14. The number of carbonyl (C=O) groups excluding carboxylic acids is 1. The van der Waals surface area contributed by atoms with Gasteiger partial charge < -0.3 is 19.9 Å². The molecule has 24 heavy (non-hydrogen) atoms. The summed E-state index contributed by atoms with van der Waals surface area (Å²) in [6.07, 6.45) is 1.76. The molecule has 0 fully saturated rings. The molecule has 3 rings (SSSR count). The number of hydrogen-bond acceptors (Lipinski definition) is 4. The van der Waals surface area contributed by atoms with E-state index in [-0.39, 0.29) is 12.1 Å². The van der Waals surface area contributed by atoms with Crippen LogP contribution in [-0.2, 0) is 12.8 Å². The molecule has 2 amide bonds. The average Bonchev–Trinajstić information content (AvgIpc) is 3.13. The van der Waals surface area contributed by atoms with Crippen molar-refractivity contribution in [3.05, 3.63) is 46.3 Å². The lowest BCUT2D eigenvalue weighted by Gasteiger charge is -2.14. The van der Waals surface area contributed by atoms with Gasteiger partial charge in [0.25, 0.3) is 0 Å². The van der Waals surface area contributed by atoms with Crippen molar-refractivity contribution in [1.82, 2.24) is 15.8 Å². The van der Waals surface area contributed by atoms with Gasteiger partial charge in [-0.15, -0.1) is 0 Å². The van der Waals surface area contributed by atoms with Crippen molar-refractivity contribution in [2.24, 2.45) is 0 Å². The van der Waals surface area contributed by atoms with Crippen molar-refractivity contribution in [3.8, 4) is 5.75 Å². The van der Waals surface area contributed by atoms with Gasteiger partial charge in [0.15, 0.2) is 0 Å². The molecular formula is C18H23N3O3. The number of rotatable bonds is 5. The molecule has 0 radical (unpaired) electrons. The second-order valence-electron chi connectivity index (χ2n) is 6.15. The number of urea groups is 1. The summed E-state index contributed by atoms with van der Waals surface area (Å²) in [5, 5.41) is 9.74. The van der Waals surface area contributed by atoms with Gasteiger partial charge in [-0.1, -0.05) is 17.3 Å². The second kappa shape index (κ2) is 6.95. The van der Waals surface area contributed by atoms with E-state index in [1.54, 1.807) is 0 Å². The number of amides is 2. The molecule has 1 aliphatic rings. The van der Waals surface area contributed by atoms with Crippen molar-refractivity contribution in [1.29, 1.82) is 0 Å². The predicted octanol–water partition coefficient (Wildman–Crippen LogP) is 2.83. The van der Waals surface area contributed by atoms with Crippen molar-refractivity contribution in [2.75, 3.05) is 13.2 Å². The van der Waals surface area contributed by atoms with Gasteiger partial charge in [0.2, 0.25) is 0 Å². The van der Waals surface area contributed by atoms with E-state index in [0.29, 0.717) is 6.54 Å². The van der Waals surface area contributed by atoms with Crippen LogP contribution in [0.15, 0.2) is 22.7 Å². The number of nitrogens with one attached hydrogen (secondary N) is 2. The van der Waals surface area contributed by atoms with Crippen LogP contribution in [0.1, 0.15) is 41.1 Å². The van der Waals surface area contributed by atoms with Gasteiger partial charge in [0, 0.05) is 18.5 Å². The summed E-state index contributed by atoms with van der Waals surface area (Å²) in [7, 11) is 0. The lowest BCUT2D eigenvalue weighted by molar-refractivity contribution is 0.238. The first-order valence-corrected chi connectivity index (χ1v) is 8.26. The second-order valence-corrected chi connectivity index (χ2v) is 6.15. The summed E-state index contributed by atoms with van der Waals surface area (Å²) in [6.45, 7) is 6.99. The lowest BCUT2D eigenvalue weighted by Crippen LogP contribution is -2.38. The Morgan fingerprint density at radius 3 is 2.96 bits per heavy atom. The monoisotopic (exact) mass is 329 g/mol. The summed E-state index contributed by atoms with van der Waals surface area (Å²) in [5.74, 6) is 1.72. The van der Waals surface area contributed by atoms with E-state index in [9.17, 15) is 4.79 Å². The largest absolute Gasteiger partial charge is 0.493 e. The highest BCUT2D eigenvalue weighted by molar-refractivity contribution is 5.74. The molecule has 2 heterocycles. The highest BCUT2D eigenvalue weighted by Gasteiger charge is 2.18. The fraction of sp³-hybridized carbons (Fsp3) is 0.444. The molecule has 0 bridgehead atoms. The van der Waals surface area contributed by atoms with Gasteiger partial charge in [-0.2, -0.15) is 0 Å². The Balaban J connectivity index is 1.47. The zero-order valence-corrected chi connectivity index (χ0v) is 14.3. The van der Waals surface area contributed by atoms with Crippen LogP contribution in [-0.4, -0.2) is 24.3 Å². The van der Waals surface area contributed by atoms with E-state index in [1.807, 2.05) is 26.8 Å². The number of ether oxygens (including phenoxy) is 1. The Bertz CT molecular complexity index is 720. The third kappa shape index (κ3) is 3.53. The van der Waals surface area contributed by atoms with E-state index in [4.69, 9.17) is 9.26 Å². The first kappa shape index (κ1) is 16.4. The van der Waals surface area contributed by atoms with Crippen LogP contribution in [0.5, 0.6) is 5.75 Å². The molecular weight excluding hydrogens is 306 g/mol. The molecule has 1 unspecified atom stereocenters. The molecule has 1 aromatic carbocycles. The summed E-state index contributed by atoms with van der Waals surface area (Å²) in [5.41, 5.74) is 4.20. The van der Waals surface area contributed by atoms with E-state index in [0.717, 1.165) is 42.2 Å². The molecule has 1 aliphatic heterocycles. The molecule has 1 atom stereocenters. The summed E-state index contributed by atoms with van der Waals surface area (Å²) in [6, 6.07) is 5.89. The fourth-order valence-corrected chi connectivity index (χ4v) is 3.14. The number of aryl methyl sites for hydroxylation is 2. The molecule has 128 valence electrons. The van der Waals surface area contributed by atoms with Crippen LogP contribution in [0.4, 0.5) is 4.79 Å². The number of hydrogen-bond donors (Lipinski definition) is 2. The number of aromatic nitrogens is 1. The van der Waals surface area contributed by atoms with E-state index >= 15 is 0 Å². The minimum atomic E-state index is -0.188. The highest BCUT2D eigenvalue weighted by Crippen LogP contribution is 2.26. The summed E-state index contributed by atoms with van der Waals surface area (Å²) >= 11 is 0. The Morgan fingerprint density at radius 2 is 2.21 bits per heavy atom. The minimum absolute atomic E-state index is 0.145. The van der Waals surface area contributed by atoms with Crippen LogP contribution in [0.3, 0.4) is 0 Å². The maximum atomic E-state index is 12.1. The summed E-state index contributed by atoms with van der Waals surface area (Å²) < 4.78 is 10.6. The molecule has 6 nitrogen and oxygen atoms in total. The van der Waals surface area contributed by atoms with Gasteiger partial charge in [0.05, 0.1) is 18.3 Å². The molecule has 0 saturated carbocycles. The lowest BCUT2D eigenvalue weighted by atomic mass is 10.1. The maximum Gasteiger partial charge on any atom is 0.315 e. The van der Waals surface area contributed by atoms with E-state index in [1.165, 1.54) is 11.1 Å².